The fourth-order valence-corrected chi connectivity index (χ4v) is 11.1. The van der Waals surface area contributed by atoms with E-state index in [9.17, 15) is 0 Å². The minimum Gasteiger partial charge on any atom is -0.310 e. The lowest BCUT2D eigenvalue weighted by atomic mass is 9.67. The predicted molar refractivity (Wildman–Crippen MR) is 267 cm³/mol. The fourth-order valence-electron chi connectivity index (χ4n) is 11.1. The molecule has 10 aromatic carbocycles. The Morgan fingerprint density at radius 3 is 1.34 bits per heavy atom. The summed E-state index contributed by atoms with van der Waals surface area (Å²) in [5.74, 6) is 0. The van der Waals surface area contributed by atoms with Crippen LogP contribution in [0.4, 0.5) is 17.1 Å². The molecule has 0 amide bonds. The highest BCUT2D eigenvalue weighted by Gasteiger charge is 2.46. The lowest BCUT2D eigenvalue weighted by Crippen LogP contribution is -2.28. The predicted octanol–water partition coefficient (Wildman–Crippen LogP) is 16.2. The number of rotatable bonds is 8. The summed E-state index contributed by atoms with van der Waals surface area (Å²) in [5.41, 5.74) is 21.7. The number of benzene rings is 10. The second kappa shape index (κ2) is 15.1. The molecule has 0 heterocycles. The quantitative estimate of drug-likeness (QED) is 0.148. The Bertz CT molecular complexity index is 3260. The number of anilines is 3. The van der Waals surface area contributed by atoms with Crippen molar-refractivity contribution in [2.75, 3.05) is 4.90 Å². The zero-order valence-corrected chi connectivity index (χ0v) is 35.7. The number of hydrogen-bond donors (Lipinski definition) is 0. The smallest absolute Gasteiger partial charge is 0.0714 e. The SMILES string of the molecule is CC1(c2ccccc2)c2ccccc2-c2c(-c3ccc(N(c4ccc(-c5ccccc5)cc4)c4ccc5c(c4)C(c4ccccc4)(c4ccccc4)c4ccccc4-5)cc3)cccc21. The van der Waals surface area contributed by atoms with E-state index in [1.54, 1.807) is 0 Å². The molecule has 0 bridgehead atoms. The number of hydrogen-bond acceptors (Lipinski definition) is 1. The minimum absolute atomic E-state index is 0.256. The third-order valence-electron chi connectivity index (χ3n) is 14.1. The topological polar surface area (TPSA) is 3.24 Å². The van der Waals surface area contributed by atoms with Gasteiger partial charge in [0.25, 0.3) is 0 Å². The monoisotopic (exact) mass is 815 g/mol. The molecule has 10 aromatic rings. The highest BCUT2D eigenvalue weighted by atomic mass is 15.1. The van der Waals surface area contributed by atoms with Gasteiger partial charge in [-0.05, 0) is 127 Å². The van der Waals surface area contributed by atoms with E-state index in [1.807, 2.05) is 0 Å². The molecule has 64 heavy (non-hydrogen) atoms. The van der Waals surface area contributed by atoms with Crippen molar-refractivity contribution >= 4 is 17.1 Å². The van der Waals surface area contributed by atoms with Crippen LogP contribution in [-0.4, -0.2) is 0 Å². The van der Waals surface area contributed by atoms with Gasteiger partial charge in [0, 0.05) is 22.5 Å². The van der Waals surface area contributed by atoms with Gasteiger partial charge in [-0.15, -0.1) is 0 Å². The molecule has 1 nitrogen and oxygen atoms in total. The maximum atomic E-state index is 2.46. The van der Waals surface area contributed by atoms with Gasteiger partial charge in [-0.3, -0.25) is 0 Å². The van der Waals surface area contributed by atoms with Gasteiger partial charge in [0.05, 0.1) is 5.41 Å². The first-order valence-electron chi connectivity index (χ1n) is 22.3. The molecular weight excluding hydrogens is 771 g/mol. The van der Waals surface area contributed by atoms with Crippen LogP contribution in [0.15, 0.2) is 255 Å². The summed E-state index contributed by atoms with van der Waals surface area (Å²) in [6, 6.07) is 94.0. The Morgan fingerprint density at radius 2 is 0.719 bits per heavy atom. The zero-order valence-electron chi connectivity index (χ0n) is 35.7. The molecule has 2 aliphatic rings. The summed E-state index contributed by atoms with van der Waals surface area (Å²) < 4.78 is 0. The maximum Gasteiger partial charge on any atom is 0.0714 e. The van der Waals surface area contributed by atoms with Crippen LogP contribution in [0, 0.1) is 0 Å². The molecule has 302 valence electrons. The molecule has 12 rings (SSSR count). The van der Waals surface area contributed by atoms with E-state index in [2.05, 4.69) is 267 Å². The Labute approximate surface area is 376 Å². The molecule has 0 radical (unpaired) electrons. The molecular formula is C63H45N. The second-order valence-corrected chi connectivity index (χ2v) is 17.3. The molecule has 1 atom stereocenters. The second-order valence-electron chi connectivity index (χ2n) is 17.3. The van der Waals surface area contributed by atoms with Crippen LogP contribution in [0.1, 0.15) is 45.9 Å². The highest BCUT2D eigenvalue weighted by Crippen LogP contribution is 2.58. The Morgan fingerprint density at radius 1 is 0.281 bits per heavy atom. The molecule has 0 spiro atoms. The van der Waals surface area contributed by atoms with Crippen molar-refractivity contribution in [2.24, 2.45) is 0 Å². The van der Waals surface area contributed by atoms with Crippen molar-refractivity contribution < 1.29 is 0 Å². The molecule has 1 heteroatoms. The zero-order chi connectivity index (χ0) is 42.7. The molecule has 0 saturated heterocycles. The van der Waals surface area contributed by atoms with E-state index in [1.165, 1.54) is 83.5 Å². The van der Waals surface area contributed by atoms with Gasteiger partial charge in [0.2, 0.25) is 0 Å². The van der Waals surface area contributed by atoms with Crippen molar-refractivity contribution in [1.29, 1.82) is 0 Å². The van der Waals surface area contributed by atoms with Crippen molar-refractivity contribution in [3.63, 3.8) is 0 Å². The summed E-state index contributed by atoms with van der Waals surface area (Å²) in [7, 11) is 0. The summed E-state index contributed by atoms with van der Waals surface area (Å²) in [6.45, 7) is 2.39. The standard InChI is InChI=1S/C63H45N/c1-62(47-21-8-3-9-22-47)57-30-16-15-28-56(57)61-53(29-18-32-59(61)62)46-35-39-51(40-36-46)64(50-37-33-45(34-38-50)44-19-6-2-7-20-44)52-41-42-55-54-27-14-17-31-58(54)63(60(55)43-52,48-23-10-4-11-24-48)49-25-12-5-13-26-49/h2-43H,1H3. The van der Waals surface area contributed by atoms with E-state index in [0.29, 0.717) is 0 Å². The van der Waals surface area contributed by atoms with Crippen LogP contribution >= 0.6 is 0 Å². The average Bonchev–Trinajstić information content (AvgIpc) is 3.83. The molecule has 1 unspecified atom stereocenters. The van der Waals surface area contributed by atoms with Gasteiger partial charge >= 0.3 is 0 Å². The molecule has 0 fully saturated rings. The Balaban J connectivity index is 1.03. The maximum absolute atomic E-state index is 2.46. The van der Waals surface area contributed by atoms with Gasteiger partial charge in [-0.1, -0.05) is 218 Å². The Hall–Kier alpha value is -8.00. The van der Waals surface area contributed by atoms with Crippen LogP contribution in [0.2, 0.25) is 0 Å². The summed E-state index contributed by atoms with van der Waals surface area (Å²) >= 11 is 0. The average molecular weight is 816 g/mol. The minimum atomic E-state index is -0.505. The van der Waals surface area contributed by atoms with E-state index in [-0.39, 0.29) is 5.41 Å². The van der Waals surface area contributed by atoms with Crippen LogP contribution in [0.3, 0.4) is 0 Å². The van der Waals surface area contributed by atoms with E-state index in [4.69, 9.17) is 0 Å². The van der Waals surface area contributed by atoms with E-state index in [0.717, 1.165) is 17.1 Å². The Kier molecular flexibility index (Phi) is 8.91. The van der Waals surface area contributed by atoms with Crippen LogP contribution in [-0.2, 0) is 10.8 Å². The fraction of sp³-hybridized carbons (Fsp3) is 0.0476. The van der Waals surface area contributed by atoms with E-state index < -0.39 is 5.41 Å². The van der Waals surface area contributed by atoms with Gasteiger partial charge < -0.3 is 4.90 Å². The largest absolute Gasteiger partial charge is 0.310 e. The lowest BCUT2D eigenvalue weighted by molar-refractivity contribution is 0.714. The first-order chi connectivity index (χ1) is 31.6. The first-order valence-corrected chi connectivity index (χ1v) is 22.3. The van der Waals surface area contributed by atoms with Gasteiger partial charge in [-0.25, -0.2) is 0 Å². The van der Waals surface area contributed by atoms with E-state index >= 15 is 0 Å². The lowest BCUT2D eigenvalue weighted by Gasteiger charge is -2.35. The number of fused-ring (bicyclic) bond motifs is 6. The van der Waals surface area contributed by atoms with Crippen molar-refractivity contribution in [3.8, 4) is 44.5 Å². The number of nitrogens with zero attached hydrogens (tertiary/aromatic N) is 1. The third-order valence-corrected chi connectivity index (χ3v) is 14.1. The van der Waals surface area contributed by atoms with Gasteiger partial charge in [-0.2, -0.15) is 0 Å². The van der Waals surface area contributed by atoms with Gasteiger partial charge in [0.15, 0.2) is 0 Å². The summed E-state index contributed by atoms with van der Waals surface area (Å²) in [6.07, 6.45) is 0. The van der Waals surface area contributed by atoms with Crippen molar-refractivity contribution in [3.05, 3.63) is 294 Å². The molecule has 2 aliphatic carbocycles. The third kappa shape index (κ3) is 5.71. The van der Waals surface area contributed by atoms with Crippen molar-refractivity contribution in [1.82, 2.24) is 0 Å². The first kappa shape index (κ1) is 37.7. The van der Waals surface area contributed by atoms with Gasteiger partial charge in [0.1, 0.15) is 0 Å². The molecule has 0 aliphatic heterocycles. The van der Waals surface area contributed by atoms with Crippen LogP contribution < -0.4 is 4.90 Å². The summed E-state index contributed by atoms with van der Waals surface area (Å²) in [5, 5.41) is 0. The molecule has 0 saturated carbocycles. The van der Waals surface area contributed by atoms with Crippen molar-refractivity contribution in [2.45, 2.75) is 17.8 Å². The molecule has 0 aromatic heterocycles. The summed E-state index contributed by atoms with van der Waals surface area (Å²) in [4.78, 5) is 2.43. The van der Waals surface area contributed by atoms with Crippen LogP contribution in [0.5, 0.6) is 0 Å². The normalized spacial score (nSPS) is 15.1. The van der Waals surface area contributed by atoms with Crippen LogP contribution in [0.25, 0.3) is 44.5 Å². The highest BCUT2D eigenvalue weighted by molar-refractivity contribution is 5.95. The molecule has 0 N–H and O–H groups in total.